The number of rotatable bonds is 1. The lowest BCUT2D eigenvalue weighted by molar-refractivity contribution is -0.137. The minimum Gasteiger partial charge on any atom is -0.370 e. The summed E-state index contributed by atoms with van der Waals surface area (Å²) in [5.74, 6) is 0. The molecule has 96 valence electrons. The molecular formula is C13H13F3N2. The van der Waals surface area contributed by atoms with Crippen LogP contribution in [0.15, 0.2) is 18.2 Å². The molecule has 0 aliphatic carbocycles. The smallest absolute Gasteiger partial charge is 0.370 e. The third-order valence-corrected chi connectivity index (χ3v) is 3.03. The maximum Gasteiger partial charge on any atom is 0.417 e. The molecule has 1 aliphatic heterocycles. The van der Waals surface area contributed by atoms with E-state index in [0.717, 1.165) is 19.2 Å². The van der Waals surface area contributed by atoms with Gasteiger partial charge in [-0.1, -0.05) is 13.8 Å². The van der Waals surface area contributed by atoms with Crippen LogP contribution in [0.4, 0.5) is 18.9 Å². The number of nitrogens with zero attached hydrogens (tertiary/aromatic N) is 2. The molecule has 2 rings (SSSR count). The first-order valence-electron chi connectivity index (χ1n) is 5.59. The molecule has 5 heteroatoms. The number of alkyl halides is 3. The maximum absolute atomic E-state index is 12.8. The van der Waals surface area contributed by atoms with E-state index in [0.29, 0.717) is 5.69 Å². The molecule has 0 spiro atoms. The van der Waals surface area contributed by atoms with Gasteiger partial charge in [0.25, 0.3) is 0 Å². The van der Waals surface area contributed by atoms with Gasteiger partial charge in [-0.2, -0.15) is 18.4 Å². The molecular weight excluding hydrogens is 241 g/mol. The van der Waals surface area contributed by atoms with E-state index in [1.807, 2.05) is 4.90 Å². The minimum absolute atomic E-state index is 0.145. The van der Waals surface area contributed by atoms with Crippen LogP contribution in [-0.2, 0) is 6.18 Å². The van der Waals surface area contributed by atoms with Crippen molar-refractivity contribution in [2.45, 2.75) is 20.0 Å². The van der Waals surface area contributed by atoms with E-state index < -0.39 is 11.7 Å². The molecule has 1 aromatic carbocycles. The summed E-state index contributed by atoms with van der Waals surface area (Å²) >= 11 is 0. The van der Waals surface area contributed by atoms with E-state index in [1.165, 1.54) is 6.07 Å². The zero-order valence-corrected chi connectivity index (χ0v) is 10.2. The van der Waals surface area contributed by atoms with Gasteiger partial charge in [-0.3, -0.25) is 0 Å². The van der Waals surface area contributed by atoms with Gasteiger partial charge in [0.15, 0.2) is 0 Å². The van der Waals surface area contributed by atoms with Crippen molar-refractivity contribution >= 4 is 5.69 Å². The molecule has 0 saturated carbocycles. The summed E-state index contributed by atoms with van der Waals surface area (Å²) in [7, 11) is 0. The highest BCUT2D eigenvalue weighted by Crippen LogP contribution is 2.38. The summed E-state index contributed by atoms with van der Waals surface area (Å²) in [5.41, 5.74) is -0.509. The van der Waals surface area contributed by atoms with Gasteiger partial charge in [-0.05, 0) is 23.6 Å². The Bertz CT molecular complexity index is 504. The number of nitriles is 1. The summed E-state index contributed by atoms with van der Waals surface area (Å²) in [6.45, 7) is 5.60. The average Bonchev–Trinajstić information content (AvgIpc) is 2.23. The van der Waals surface area contributed by atoms with Crippen molar-refractivity contribution in [3.63, 3.8) is 0 Å². The van der Waals surface area contributed by atoms with Crippen molar-refractivity contribution in [1.29, 1.82) is 5.26 Å². The van der Waals surface area contributed by atoms with Crippen molar-refractivity contribution in [3.05, 3.63) is 29.3 Å². The monoisotopic (exact) mass is 254 g/mol. The number of halogens is 3. The van der Waals surface area contributed by atoms with Crippen molar-refractivity contribution < 1.29 is 13.2 Å². The van der Waals surface area contributed by atoms with Gasteiger partial charge < -0.3 is 4.90 Å². The molecule has 0 radical (unpaired) electrons. The quantitative estimate of drug-likeness (QED) is 0.767. The third-order valence-electron chi connectivity index (χ3n) is 3.03. The third kappa shape index (κ3) is 2.28. The molecule has 1 aliphatic rings. The van der Waals surface area contributed by atoms with Gasteiger partial charge in [-0.25, -0.2) is 0 Å². The Kier molecular flexibility index (Phi) is 2.77. The average molecular weight is 254 g/mol. The van der Waals surface area contributed by atoms with E-state index in [4.69, 9.17) is 5.26 Å². The lowest BCUT2D eigenvalue weighted by atomic mass is 9.84. The molecule has 0 N–H and O–H groups in total. The van der Waals surface area contributed by atoms with Gasteiger partial charge in [0.1, 0.15) is 0 Å². The number of hydrogen-bond donors (Lipinski definition) is 0. The first kappa shape index (κ1) is 12.7. The topological polar surface area (TPSA) is 27.0 Å². The molecule has 1 heterocycles. The van der Waals surface area contributed by atoms with Crippen molar-refractivity contribution in [3.8, 4) is 6.07 Å². The lowest BCUT2D eigenvalue weighted by Crippen LogP contribution is -2.53. The van der Waals surface area contributed by atoms with Crippen LogP contribution in [0.5, 0.6) is 0 Å². The molecule has 0 amide bonds. The van der Waals surface area contributed by atoms with E-state index >= 15 is 0 Å². The zero-order chi connectivity index (χ0) is 13.6. The van der Waals surface area contributed by atoms with Crippen LogP contribution < -0.4 is 4.90 Å². The standard InChI is InChI=1S/C13H13F3N2/c1-12(2)7-18(8-12)10-4-3-9(6-17)11(5-10)13(14,15)16/h3-5H,7-8H2,1-2H3. The Morgan fingerprint density at radius 1 is 1.28 bits per heavy atom. The summed E-state index contributed by atoms with van der Waals surface area (Å²) < 4.78 is 38.3. The molecule has 0 atom stereocenters. The second-order valence-corrected chi connectivity index (χ2v) is 5.36. The maximum atomic E-state index is 12.8. The van der Waals surface area contributed by atoms with Crippen LogP contribution in [-0.4, -0.2) is 13.1 Å². The zero-order valence-electron chi connectivity index (χ0n) is 10.2. The Balaban J connectivity index is 2.34. The van der Waals surface area contributed by atoms with Crippen LogP contribution in [0.25, 0.3) is 0 Å². The fraction of sp³-hybridized carbons (Fsp3) is 0.462. The highest BCUT2D eigenvalue weighted by molar-refractivity contribution is 5.56. The Morgan fingerprint density at radius 2 is 1.89 bits per heavy atom. The van der Waals surface area contributed by atoms with Crippen molar-refractivity contribution in [2.75, 3.05) is 18.0 Å². The second-order valence-electron chi connectivity index (χ2n) is 5.36. The van der Waals surface area contributed by atoms with Crippen LogP contribution in [0.1, 0.15) is 25.0 Å². The highest BCUT2D eigenvalue weighted by atomic mass is 19.4. The highest BCUT2D eigenvalue weighted by Gasteiger charge is 2.37. The summed E-state index contributed by atoms with van der Waals surface area (Å²) in [4.78, 5) is 1.89. The van der Waals surface area contributed by atoms with E-state index in [2.05, 4.69) is 13.8 Å². The van der Waals surface area contributed by atoms with Crippen LogP contribution in [0, 0.1) is 16.7 Å². The van der Waals surface area contributed by atoms with Crippen LogP contribution >= 0.6 is 0 Å². The van der Waals surface area contributed by atoms with Crippen LogP contribution in [0.2, 0.25) is 0 Å². The molecule has 0 bridgehead atoms. The van der Waals surface area contributed by atoms with Crippen LogP contribution in [0.3, 0.4) is 0 Å². The van der Waals surface area contributed by atoms with E-state index in [9.17, 15) is 13.2 Å². The van der Waals surface area contributed by atoms with E-state index in [1.54, 1.807) is 12.1 Å². The predicted octanol–water partition coefficient (Wildman–Crippen LogP) is 3.42. The summed E-state index contributed by atoms with van der Waals surface area (Å²) in [6.07, 6.45) is -4.48. The molecule has 2 nitrogen and oxygen atoms in total. The van der Waals surface area contributed by atoms with Gasteiger partial charge in [-0.15, -0.1) is 0 Å². The molecule has 1 saturated heterocycles. The number of benzene rings is 1. The normalized spacial score (nSPS) is 18.1. The molecule has 1 aromatic rings. The predicted molar refractivity (Wildman–Crippen MR) is 62.2 cm³/mol. The van der Waals surface area contributed by atoms with Crippen molar-refractivity contribution in [2.24, 2.45) is 5.41 Å². The van der Waals surface area contributed by atoms with Gasteiger partial charge in [0, 0.05) is 18.8 Å². The van der Waals surface area contributed by atoms with Gasteiger partial charge in [0.05, 0.1) is 17.2 Å². The Morgan fingerprint density at radius 3 is 2.33 bits per heavy atom. The molecule has 0 aromatic heterocycles. The Hall–Kier alpha value is -1.70. The summed E-state index contributed by atoms with van der Waals surface area (Å²) in [6, 6.07) is 5.46. The largest absolute Gasteiger partial charge is 0.417 e. The molecule has 18 heavy (non-hydrogen) atoms. The molecule has 1 fully saturated rings. The van der Waals surface area contributed by atoms with Gasteiger partial charge >= 0.3 is 6.18 Å². The molecule has 0 unspecified atom stereocenters. The number of anilines is 1. The van der Waals surface area contributed by atoms with Gasteiger partial charge in [0.2, 0.25) is 0 Å². The van der Waals surface area contributed by atoms with E-state index in [-0.39, 0.29) is 11.0 Å². The first-order valence-corrected chi connectivity index (χ1v) is 5.59. The Labute approximate surface area is 104 Å². The minimum atomic E-state index is -4.48. The SMILES string of the molecule is CC1(C)CN(c2ccc(C#N)c(C(F)(F)F)c2)C1. The first-order chi connectivity index (χ1) is 8.23. The van der Waals surface area contributed by atoms with Crippen molar-refractivity contribution in [1.82, 2.24) is 0 Å². The number of hydrogen-bond acceptors (Lipinski definition) is 2. The summed E-state index contributed by atoms with van der Waals surface area (Å²) in [5, 5.41) is 8.70. The second kappa shape index (κ2) is 3.91. The fourth-order valence-electron chi connectivity index (χ4n) is 2.23. The lowest BCUT2D eigenvalue weighted by Gasteiger charge is -2.47. The fourth-order valence-corrected chi connectivity index (χ4v) is 2.23.